The summed E-state index contributed by atoms with van der Waals surface area (Å²) in [5.74, 6) is -0.539. The van der Waals surface area contributed by atoms with E-state index in [4.69, 9.17) is 5.73 Å². The number of carbonyl (C=O) groups excluding carboxylic acids is 1. The summed E-state index contributed by atoms with van der Waals surface area (Å²) >= 11 is 0. The molecule has 6 heteroatoms. The van der Waals surface area contributed by atoms with Gasteiger partial charge in [0.25, 0.3) is 5.91 Å². The quantitative estimate of drug-likeness (QED) is 0.884. The highest BCUT2D eigenvalue weighted by atomic mass is 19.1. The number of halogens is 1. The zero-order valence-corrected chi connectivity index (χ0v) is 11.6. The Hall–Kier alpha value is -2.21. The van der Waals surface area contributed by atoms with Gasteiger partial charge in [0, 0.05) is 24.7 Å². The highest BCUT2D eigenvalue weighted by Crippen LogP contribution is 2.25. The Bertz CT molecular complexity index is 655. The van der Waals surface area contributed by atoms with Gasteiger partial charge in [-0.1, -0.05) is 12.1 Å². The topological polar surface area (TPSA) is 75.0 Å². The number of nitrogens with one attached hydrogen (secondary N) is 1. The molecule has 1 aliphatic heterocycles. The van der Waals surface area contributed by atoms with Gasteiger partial charge in [0.05, 0.1) is 17.5 Å². The van der Waals surface area contributed by atoms with E-state index in [0.29, 0.717) is 29.9 Å². The maximum atomic E-state index is 13.9. The van der Waals surface area contributed by atoms with Crippen LogP contribution in [-0.2, 0) is 0 Å². The van der Waals surface area contributed by atoms with Gasteiger partial charge in [-0.3, -0.25) is 9.89 Å². The molecule has 0 spiro atoms. The van der Waals surface area contributed by atoms with Crippen LogP contribution < -0.4 is 5.73 Å². The van der Waals surface area contributed by atoms with Crippen LogP contribution in [0.5, 0.6) is 0 Å². The third kappa shape index (κ3) is 2.67. The average Bonchev–Trinajstić information content (AvgIpc) is 2.96. The highest BCUT2D eigenvalue weighted by molar-refractivity contribution is 5.99. The fourth-order valence-corrected chi connectivity index (χ4v) is 2.68. The Kier molecular flexibility index (Phi) is 3.70. The molecule has 0 aliphatic carbocycles. The van der Waals surface area contributed by atoms with Crippen LogP contribution >= 0.6 is 0 Å². The number of nitrogens with zero attached hydrogens (tertiary/aromatic N) is 2. The molecule has 21 heavy (non-hydrogen) atoms. The third-order valence-corrected chi connectivity index (χ3v) is 3.76. The van der Waals surface area contributed by atoms with Gasteiger partial charge in [0.2, 0.25) is 0 Å². The van der Waals surface area contributed by atoms with Gasteiger partial charge in [-0.15, -0.1) is 0 Å². The van der Waals surface area contributed by atoms with Crippen molar-refractivity contribution < 1.29 is 9.18 Å². The third-order valence-electron chi connectivity index (χ3n) is 3.76. The SMILES string of the molecule is NC1CCCN(C(=O)c2cn[nH]c2-c2ccccc2F)C1. The zero-order chi connectivity index (χ0) is 14.8. The molecule has 110 valence electrons. The number of nitrogens with two attached hydrogens (primary N) is 1. The minimum absolute atomic E-state index is 0.00603. The summed E-state index contributed by atoms with van der Waals surface area (Å²) in [5, 5.41) is 6.63. The molecular weight excluding hydrogens is 271 g/mol. The lowest BCUT2D eigenvalue weighted by molar-refractivity contribution is 0.0709. The predicted molar refractivity (Wildman–Crippen MR) is 77.1 cm³/mol. The first-order valence-corrected chi connectivity index (χ1v) is 7.00. The molecule has 1 amide bonds. The monoisotopic (exact) mass is 288 g/mol. The number of benzene rings is 1. The van der Waals surface area contributed by atoms with Crippen molar-refractivity contribution in [1.29, 1.82) is 0 Å². The van der Waals surface area contributed by atoms with E-state index in [1.807, 2.05) is 0 Å². The van der Waals surface area contributed by atoms with Crippen LogP contribution in [0.4, 0.5) is 4.39 Å². The standard InChI is InChI=1S/C15H17FN4O/c16-13-6-2-1-5-11(13)14-12(8-18-19-14)15(21)20-7-3-4-10(17)9-20/h1-2,5-6,8,10H,3-4,7,9,17H2,(H,18,19). The largest absolute Gasteiger partial charge is 0.337 e. The molecule has 2 heterocycles. The molecule has 1 atom stereocenters. The van der Waals surface area contributed by atoms with Crippen LogP contribution in [0.25, 0.3) is 11.3 Å². The van der Waals surface area contributed by atoms with Crippen molar-refractivity contribution in [3.8, 4) is 11.3 Å². The molecule has 0 bridgehead atoms. The Morgan fingerprint density at radius 3 is 3.00 bits per heavy atom. The second kappa shape index (κ2) is 5.65. The van der Waals surface area contributed by atoms with Gasteiger partial charge in [0.1, 0.15) is 5.82 Å². The summed E-state index contributed by atoms with van der Waals surface area (Å²) in [7, 11) is 0. The summed E-state index contributed by atoms with van der Waals surface area (Å²) in [6, 6.07) is 6.33. The molecule has 1 aromatic heterocycles. The number of likely N-dealkylation sites (tertiary alicyclic amines) is 1. The van der Waals surface area contributed by atoms with Crippen molar-refractivity contribution in [2.75, 3.05) is 13.1 Å². The lowest BCUT2D eigenvalue weighted by Crippen LogP contribution is -2.45. The van der Waals surface area contributed by atoms with Gasteiger partial charge in [-0.2, -0.15) is 5.10 Å². The van der Waals surface area contributed by atoms with Crippen molar-refractivity contribution in [3.63, 3.8) is 0 Å². The first-order valence-electron chi connectivity index (χ1n) is 7.00. The van der Waals surface area contributed by atoms with Crippen molar-refractivity contribution in [1.82, 2.24) is 15.1 Å². The summed E-state index contributed by atoms with van der Waals surface area (Å²) in [5.41, 5.74) is 7.06. The van der Waals surface area contributed by atoms with Gasteiger partial charge in [-0.25, -0.2) is 4.39 Å². The van der Waals surface area contributed by atoms with E-state index >= 15 is 0 Å². The van der Waals surface area contributed by atoms with Crippen LogP contribution in [0.2, 0.25) is 0 Å². The molecule has 3 rings (SSSR count). The van der Waals surface area contributed by atoms with E-state index in [9.17, 15) is 9.18 Å². The summed E-state index contributed by atoms with van der Waals surface area (Å²) < 4.78 is 13.9. The second-order valence-corrected chi connectivity index (χ2v) is 5.29. The predicted octanol–water partition coefficient (Wildman–Crippen LogP) is 1.78. The normalized spacial score (nSPS) is 18.8. The molecule has 1 saturated heterocycles. The van der Waals surface area contributed by atoms with Crippen LogP contribution in [0, 0.1) is 5.82 Å². The Morgan fingerprint density at radius 1 is 1.43 bits per heavy atom. The molecule has 1 unspecified atom stereocenters. The number of aromatic amines is 1. The smallest absolute Gasteiger partial charge is 0.257 e. The highest BCUT2D eigenvalue weighted by Gasteiger charge is 2.26. The molecular formula is C15H17FN4O. The molecule has 1 aliphatic rings. The first-order chi connectivity index (χ1) is 10.2. The Labute approximate surface area is 121 Å². The van der Waals surface area contributed by atoms with Crippen molar-refractivity contribution in [3.05, 3.63) is 41.8 Å². The molecule has 3 N–H and O–H groups in total. The second-order valence-electron chi connectivity index (χ2n) is 5.29. The van der Waals surface area contributed by atoms with Gasteiger partial charge in [-0.05, 0) is 25.0 Å². The molecule has 1 fully saturated rings. The molecule has 0 saturated carbocycles. The lowest BCUT2D eigenvalue weighted by Gasteiger charge is -2.30. The van der Waals surface area contributed by atoms with E-state index < -0.39 is 0 Å². The minimum Gasteiger partial charge on any atom is -0.337 e. The fourth-order valence-electron chi connectivity index (χ4n) is 2.68. The maximum Gasteiger partial charge on any atom is 0.257 e. The number of hydrogen-bond acceptors (Lipinski definition) is 3. The van der Waals surface area contributed by atoms with Crippen molar-refractivity contribution >= 4 is 5.91 Å². The number of aromatic nitrogens is 2. The zero-order valence-electron chi connectivity index (χ0n) is 11.6. The number of piperidine rings is 1. The van der Waals surface area contributed by atoms with E-state index in [1.54, 1.807) is 23.1 Å². The maximum absolute atomic E-state index is 13.9. The summed E-state index contributed by atoms with van der Waals surface area (Å²) in [6.07, 6.45) is 3.26. The van der Waals surface area contributed by atoms with Gasteiger partial charge in [0.15, 0.2) is 0 Å². The van der Waals surface area contributed by atoms with E-state index in [-0.39, 0.29) is 17.8 Å². The molecule has 1 aromatic carbocycles. The number of carbonyl (C=O) groups is 1. The van der Waals surface area contributed by atoms with Crippen LogP contribution in [-0.4, -0.2) is 40.1 Å². The summed E-state index contributed by atoms with van der Waals surface area (Å²) in [6.45, 7) is 1.20. The molecule has 5 nitrogen and oxygen atoms in total. The van der Waals surface area contributed by atoms with Crippen molar-refractivity contribution in [2.45, 2.75) is 18.9 Å². The molecule has 2 aromatic rings. The van der Waals surface area contributed by atoms with Crippen LogP contribution in [0.3, 0.4) is 0 Å². The average molecular weight is 288 g/mol. The Morgan fingerprint density at radius 2 is 2.24 bits per heavy atom. The number of H-pyrrole nitrogens is 1. The molecule has 0 radical (unpaired) electrons. The number of rotatable bonds is 2. The number of amides is 1. The van der Waals surface area contributed by atoms with Gasteiger partial charge < -0.3 is 10.6 Å². The first kappa shape index (κ1) is 13.8. The fraction of sp³-hybridized carbons (Fsp3) is 0.333. The minimum atomic E-state index is -0.383. The summed E-state index contributed by atoms with van der Waals surface area (Å²) in [4.78, 5) is 14.3. The van der Waals surface area contributed by atoms with E-state index in [1.165, 1.54) is 12.3 Å². The number of hydrogen-bond donors (Lipinski definition) is 2. The lowest BCUT2D eigenvalue weighted by atomic mass is 10.0. The van der Waals surface area contributed by atoms with Gasteiger partial charge >= 0.3 is 0 Å². The van der Waals surface area contributed by atoms with E-state index in [0.717, 1.165) is 12.8 Å². The van der Waals surface area contributed by atoms with E-state index in [2.05, 4.69) is 10.2 Å². The Balaban J connectivity index is 1.92. The van der Waals surface area contributed by atoms with Crippen LogP contribution in [0.15, 0.2) is 30.5 Å². The van der Waals surface area contributed by atoms with Crippen LogP contribution in [0.1, 0.15) is 23.2 Å². The van der Waals surface area contributed by atoms with Crippen molar-refractivity contribution in [2.24, 2.45) is 5.73 Å².